The summed E-state index contributed by atoms with van der Waals surface area (Å²) in [5.74, 6) is -0.0937. The van der Waals surface area contributed by atoms with Gasteiger partial charge in [0.2, 0.25) is 5.78 Å². The molecule has 1 aromatic heterocycles. The van der Waals surface area contributed by atoms with Gasteiger partial charge in [0.25, 0.3) is 0 Å². The zero-order valence-corrected chi connectivity index (χ0v) is 12.1. The Kier molecular flexibility index (Phi) is 3.56. The van der Waals surface area contributed by atoms with Crippen LogP contribution in [0.15, 0.2) is 28.7 Å². The maximum atomic E-state index is 12.2. The van der Waals surface area contributed by atoms with Crippen molar-refractivity contribution in [3.05, 3.63) is 49.1 Å². The van der Waals surface area contributed by atoms with Gasteiger partial charge in [0.1, 0.15) is 4.34 Å². The Hall–Kier alpha value is -0.840. The van der Waals surface area contributed by atoms with E-state index in [-0.39, 0.29) is 5.78 Å². The van der Waals surface area contributed by atoms with Crippen LogP contribution in [0.25, 0.3) is 0 Å². The number of carbonyl (C=O) groups excluding carboxylic acids is 1. The molecule has 0 unspecified atom stereocenters. The topological polar surface area (TPSA) is 43.1 Å². The molecule has 0 saturated carbocycles. The van der Waals surface area contributed by atoms with Crippen LogP contribution in [0.3, 0.4) is 0 Å². The Morgan fingerprint density at radius 3 is 2.76 bits per heavy atom. The van der Waals surface area contributed by atoms with Gasteiger partial charge in [-0.2, -0.15) is 0 Å². The van der Waals surface area contributed by atoms with Gasteiger partial charge < -0.3 is 5.73 Å². The van der Waals surface area contributed by atoms with Gasteiger partial charge >= 0.3 is 0 Å². The van der Waals surface area contributed by atoms with E-state index in [4.69, 9.17) is 17.3 Å². The predicted octanol–water partition coefficient (Wildman–Crippen LogP) is 4.29. The average Bonchev–Trinajstić information content (AvgIpc) is 2.62. The minimum atomic E-state index is -0.0937. The second-order valence-electron chi connectivity index (χ2n) is 3.60. The summed E-state index contributed by atoms with van der Waals surface area (Å²) in [7, 11) is 0. The van der Waals surface area contributed by atoms with E-state index in [1.54, 1.807) is 12.1 Å². The van der Waals surface area contributed by atoms with Crippen molar-refractivity contribution in [1.29, 1.82) is 0 Å². The Balaban J connectivity index is 2.47. The zero-order valence-electron chi connectivity index (χ0n) is 8.96. The van der Waals surface area contributed by atoms with Crippen LogP contribution in [-0.2, 0) is 0 Å². The first-order valence-electron chi connectivity index (χ1n) is 4.85. The standard InChI is InChI=1S/C12H9BrClNOS/c1-6-3-2-4-7(10(6)15)11(16)9-5-8(13)12(14)17-9/h2-5H,15H2,1H3. The van der Waals surface area contributed by atoms with Crippen molar-refractivity contribution in [2.75, 3.05) is 5.73 Å². The van der Waals surface area contributed by atoms with E-state index in [9.17, 15) is 4.79 Å². The Morgan fingerprint density at radius 2 is 2.18 bits per heavy atom. The first-order chi connectivity index (χ1) is 8.00. The molecule has 0 saturated heterocycles. The number of aryl methyl sites for hydroxylation is 1. The summed E-state index contributed by atoms with van der Waals surface area (Å²) in [6.45, 7) is 1.88. The van der Waals surface area contributed by atoms with Gasteiger partial charge in [0.15, 0.2) is 0 Å². The van der Waals surface area contributed by atoms with Gasteiger partial charge in [0, 0.05) is 15.7 Å². The second kappa shape index (κ2) is 4.80. The largest absolute Gasteiger partial charge is 0.398 e. The van der Waals surface area contributed by atoms with Gasteiger partial charge in [-0.3, -0.25) is 4.79 Å². The van der Waals surface area contributed by atoms with Crippen LogP contribution in [0, 0.1) is 6.92 Å². The number of anilines is 1. The average molecular weight is 331 g/mol. The number of nitrogens with two attached hydrogens (primary N) is 1. The monoisotopic (exact) mass is 329 g/mol. The molecule has 0 aliphatic carbocycles. The minimum absolute atomic E-state index is 0.0937. The van der Waals surface area contributed by atoms with E-state index in [1.807, 2.05) is 19.1 Å². The summed E-state index contributed by atoms with van der Waals surface area (Å²) in [6, 6.07) is 7.15. The molecule has 0 spiro atoms. The molecule has 0 aliphatic rings. The number of hydrogen-bond acceptors (Lipinski definition) is 3. The van der Waals surface area contributed by atoms with E-state index in [2.05, 4.69) is 15.9 Å². The third-order valence-electron chi connectivity index (χ3n) is 2.44. The number of nitrogen functional groups attached to an aromatic ring is 1. The van der Waals surface area contributed by atoms with Crippen LogP contribution < -0.4 is 5.73 Å². The molecule has 2 N–H and O–H groups in total. The number of hydrogen-bond donors (Lipinski definition) is 1. The molecular weight excluding hydrogens is 322 g/mol. The summed E-state index contributed by atoms with van der Waals surface area (Å²) < 4.78 is 1.30. The Labute approximate surface area is 117 Å². The van der Waals surface area contributed by atoms with E-state index in [0.717, 1.165) is 10.0 Å². The van der Waals surface area contributed by atoms with Crippen LogP contribution in [-0.4, -0.2) is 5.78 Å². The molecule has 1 heterocycles. The lowest BCUT2D eigenvalue weighted by Crippen LogP contribution is -2.04. The maximum Gasteiger partial charge on any atom is 0.205 e. The van der Waals surface area contributed by atoms with E-state index in [0.29, 0.717) is 20.5 Å². The minimum Gasteiger partial charge on any atom is -0.398 e. The van der Waals surface area contributed by atoms with Crippen molar-refractivity contribution in [2.24, 2.45) is 0 Å². The molecule has 0 aliphatic heterocycles. The molecular formula is C12H9BrClNOS. The highest BCUT2D eigenvalue weighted by atomic mass is 79.9. The molecule has 0 atom stereocenters. The molecule has 2 rings (SSSR count). The van der Waals surface area contributed by atoms with Crippen molar-refractivity contribution >= 4 is 50.3 Å². The van der Waals surface area contributed by atoms with Gasteiger partial charge in [0.05, 0.1) is 4.88 Å². The highest BCUT2D eigenvalue weighted by Crippen LogP contribution is 2.34. The number of para-hydroxylation sites is 1. The second-order valence-corrected chi connectivity index (χ2v) is 6.11. The fourth-order valence-corrected chi connectivity index (χ4v) is 3.13. The van der Waals surface area contributed by atoms with Crippen LogP contribution in [0.4, 0.5) is 5.69 Å². The first kappa shape index (κ1) is 12.6. The Bertz CT molecular complexity index is 575. The van der Waals surface area contributed by atoms with Gasteiger partial charge in [-0.1, -0.05) is 23.7 Å². The quantitative estimate of drug-likeness (QED) is 0.659. The summed E-state index contributed by atoms with van der Waals surface area (Å²) in [5, 5.41) is 0. The molecule has 0 bridgehead atoms. The van der Waals surface area contributed by atoms with Crippen LogP contribution in [0.2, 0.25) is 4.34 Å². The maximum absolute atomic E-state index is 12.2. The van der Waals surface area contributed by atoms with Crippen LogP contribution in [0.1, 0.15) is 20.8 Å². The predicted molar refractivity (Wildman–Crippen MR) is 76.1 cm³/mol. The Morgan fingerprint density at radius 1 is 1.47 bits per heavy atom. The molecule has 1 aromatic carbocycles. The highest BCUT2D eigenvalue weighted by molar-refractivity contribution is 9.10. The molecule has 0 amide bonds. The third kappa shape index (κ3) is 2.39. The number of ketones is 1. The lowest BCUT2D eigenvalue weighted by molar-refractivity contribution is 0.104. The normalized spacial score (nSPS) is 10.5. The van der Waals surface area contributed by atoms with E-state index >= 15 is 0 Å². The SMILES string of the molecule is Cc1cccc(C(=O)c2cc(Br)c(Cl)s2)c1N. The molecule has 5 heteroatoms. The third-order valence-corrected chi connectivity index (χ3v) is 4.91. The van der Waals surface area contributed by atoms with Crippen LogP contribution in [0.5, 0.6) is 0 Å². The van der Waals surface area contributed by atoms with Crippen molar-refractivity contribution in [3.63, 3.8) is 0 Å². The van der Waals surface area contributed by atoms with Gasteiger partial charge in [-0.15, -0.1) is 11.3 Å². The molecule has 88 valence electrons. The summed E-state index contributed by atoms with van der Waals surface area (Å²) in [4.78, 5) is 12.8. The molecule has 2 aromatic rings. The number of rotatable bonds is 2. The van der Waals surface area contributed by atoms with E-state index in [1.165, 1.54) is 11.3 Å². The number of benzene rings is 1. The smallest absolute Gasteiger partial charge is 0.205 e. The summed E-state index contributed by atoms with van der Waals surface area (Å²) in [5.41, 5.74) is 7.85. The van der Waals surface area contributed by atoms with Crippen molar-refractivity contribution < 1.29 is 4.79 Å². The molecule has 0 radical (unpaired) electrons. The van der Waals surface area contributed by atoms with E-state index < -0.39 is 0 Å². The number of halogens is 2. The number of carbonyl (C=O) groups is 1. The molecule has 0 fully saturated rings. The fraction of sp³-hybridized carbons (Fsp3) is 0.0833. The molecule has 2 nitrogen and oxygen atoms in total. The van der Waals surface area contributed by atoms with Crippen molar-refractivity contribution in [1.82, 2.24) is 0 Å². The fourth-order valence-electron chi connectivity index (χ4n) is 1.47. The van der Waals surface area contributed by atoms with Gasteiger partial charge in [-0.25, -0.2) is 0 Å². The van der Waals surface area contributed by atoms with Crippen molar-refractivity contribution in [3.8, 4) is 0 Å². The summed E-state index contributed by atoms with van der Waals surface area (Å²) in [6.07, 6.45) is 0. The van der Waals surface area contributed by atoms with Gasteiger partial charge in [-0.05, 0) is 40.5 Å². The zero-order chi connectivity index (χ0) is 12.6. The number of thiophene rings is 1. The van der Waals surface area contributed by atoms with Crippen LogP contribution >= 0.6 is 38.9 Å². The molecule has 17 heavy (non-hydrogen) atoms. The van der Waals surface area contributed by atoms with Crippen molar-refractivity contribution in [2.45, 2.75) is 6.92 Å². The lowest BCUT2D eigenvalue weighted by atomic mass is 10.0. The summed E-state index contributed by atoms with van der Waals surface area (Å²) >= 11 is 10.5. The highest BCUT2D eigenvalue weighted by Gasteiger charge is 2.17. The first-order valence-corrected chi connectivity index (χ1v) is 6.84. The lowest BCUT2D eigenvalue weighted by Gasteiger charge is -2.05.